The molecular formula is C20H23N3O4S. The Balaban J connectivity index is 1.63. The van der Waals surface area contributed by atoms with Crippen molar-refractivity contribution in [1.29, 1.82) is 0 Å². The number of carbonyl (C=O) groups is 2. The van der Waals surface area contributed by atoms with E-state index in [-0.39, 0.29) is 18.3 Å². The van der Waals surface area contributed by atoms with Crippen molar-refractivity contribution in [3.63, 3.8) is 0 Å². The van der Waals surface area contributed by atoms with Gasteiger partial charge in [0.15, 0.2) is 18.3 Å². The molecular weight excluding hydrogens is 378 g/mol. The first-order valence-corrected chi connectivity index (χ1v) is 9.17. The number of thiocarbonyl (C=S) groups is 1. The van der Waals surface area contributed by atoms with Gasteiger partial charge in [-0.05, 0) is 61.0 Å². The second-order valence-corrected chi connectivity index (χ2v) is 6.35. The number of aryl methyl sites for hydroxylation is 2. The number of hydrogen-bond donors (Lipinski definition) is 3. The monoisotopic (exact) mass is 401 g/mol. The second kappa shape index (κ2) is 10.9. The Hall–Kier alpha value is -3.13. The highest BCUT2D eigenvalue weighted by molar-refractivity contribution is 7.80. The van der Waals surface area contributed by atoms with E-state index in [1.807, 2.05) is 37.3 Å². The molecule has 8 heteroatoms. The molecule has 0 spiro atoms. The molecule has 0 aliphatic carbocycles. The lowest BCUT2D eigenvalue weighted by Gasteiger charge is -2.12. The molecule has 2 aromatic carbocycles. The van der Waals surface area contributed by atoms with Gasteiger partial charge in [0.25, 0.3) is 11.8 Å². The third-order valence-electron chi connectivity index (χ3n) is 3.63. The zero-order valence-corrected chi connectivity index (χ0v) is 16.6. The fourth-order valence-electron chi connectivity index (χ4n) is 2.18. The predicted molar refractivity (Wildman–Crippen MR) is 110 cm³/mol. The predicted octanol–water partition coefficient (Wildman–Crippen LogP) is 2.04. The second-order valence-electron chi connectivity index (χ2n) is 5.94. The van der Waals surface area contributed by atoms with Gasteiger partial charge in [0.05, 0.1) is 0 Å². The Kier molecular flexibility index (Phi) is 8.23. The Morgan fingerprint density at radius 3 is 2.29 bits per heavy atom. The van der Waals surface area contributed by atoms with Gasteiger partial charge in [-0.2, -0.15) is 0 Å². The zero-order chi connectivity index (χ0) is 20.4. The number of rotatable bonds is 7. The van der Waals surface area contributed by atoms with E-state index in [0.29, 0.717) is 11.5 Å². The molecule has 28 heavy (non-hydrogen) atoms. The van der Waals surface area contributed by atoms with Crippen LogP contribution in [0.5, 0.6) is 11.5 Å². The van der Waals surface area contributed by atoms with Gasteiger partial charge in [-0.25, -0.2) is 0 Å². The highest BCUT2D eigenvalue weighted by Crippen LogP contribution is 2.12. The van der Waals surface area contributed by atoms with Gasteiger partial charge in [0.1, 0.15) is 11.5 Å². The molecule has 3 N–H and O–H groups in total. The van der Waals surface area contributed by atoms with Crippen LogP contribution in [0.3, 0.4) is 0 Å². The number of carbonyl (C=O) groups excluding carboxylic acids is 2. The average Bonchev–Trinajstić information content (AvgIpc) is 2.69. The lowest BCUT2D eigenvalue weighted by molar-refractivity contribution is -0.124. The van der Waals surface area contributed by atoms with Crippen LogP contribution >= 0.6 is 12.2 Å². The minimum absolute atomic E-state index is 0.0431. The van der Waals surface area contributed by atoms with E-state index < -0.39 is 11.8 Å². The third kappa shape index (κ3) is 7.63. The fraction of sp³-hybridized carbons (Fsp3) is 0.250. The summed E-state index contributed by atoms with van der Waals surface area (Å²) in [6.45, 7) is 3.60. The van der Waals surface area contributed by atoms with Crippen molar-refractivity contribution in [2.24, 2.45) is 0 Å². The largest absolute Gasteiger partial charge is 0.484 e. The van der Waals surface area contributed by atoms with E-state index in [1.165, 1.54) is 5.56 Å². The molecule has 0 bridgehead atoms. The van der Waals surface area contributed by atoms with Crippen LogP contribution in [0.25, 0.3) is 0 Å². The lowest BCUT2D eigenvalue weighted by atomic mass is 10.2. The van der Waals surface area contributed by atoms with Crippen LogP contribution in [0.2, 0.25) is 0 Å². The molecule has 0 saturated heterocycles. The van der Waals surface area contributed by atoms with Crippen LogP contribution in [-0.2, 0) is 16.0 Å². The van der Waals surface area contributed by atoms with E-state index in [2.05, 4.69) is 23.1 Å². The van der Waals surface area contributed by atoms with Gasteiger partial charge in [-0.15, -0.1) is 0 Å². The minimum Gasteiger partial charge on any atom is -0.484 e. The molecule has 7 nitrogen and oxygen atoms in total. The Morgan fingerprint density at radius 1 is 0.929 bits per heavy atom. The smallest absolute Gasteiger partial charge is 0.276 e. The van der Waals surface area contributed by atoms with Crippen LogP contribution in [0.15, 0.2) is 48.5 Å². The van der Waals surface area contributed by atoms with Crippen molar-refractivity contribution < 1.29 is 19.1 Å². The molecule has 0 aliphatic heterocycles. The summed E-state index contributed by atoms with van der Waals surface area (Å²) >= 11 is 4.95. The first-order valence-electron chi connectivity index (χ1n) is 8.76. The molecule has 0 saturated carbocycles. The first kappa shape index (κ1) is 21.2. The molecule has 2 amide bonds. The lowest BCUT2D eigenvalue weighted by Crippen LogP contribution is -2.50. The Morgan fingerprint density at radius 2 is 1.61 bits per heavy atom. The molecule has 2 aromatic rings. The van der Waals surface area contributed by atoms with Crippen LogP contribution in [-0.4, -0.2) is 30.1 Å². The van der Waals surface area contributed by atoms with Gasteiger partial charge in [-0.3, -0.25) is 25.8 Å². The molecule has 0 radical (unpaired) electrons. The summed E-state index contributed by atoms with van der Waals surface area (Å²) in [5.41, 5.74) is 7.01. The molecule has 0 aliphatic rings. The summed E-state index contributed by atoms with van der Waals surface area (Å²) in [5.74, 6) is 0.302. The summed E-state index contributed by atoms with van der Waals surface area (Å²) in [7, 11) is 0. The summed E-state index contributed by atoms with van der Waals surface area (Å²) in [6.07, 6.45) is 0.934. The van der Waals surface area contributed by atoms with Crippen molar-refractivity contribution in [1.82, 2.24) is 16.2 Å². The van der Waals surface area contributed by atoms with Gasteiger partial charge < -0.3 is 9.47 Å². The van der Waals surface area contributed by atoms with E-state index in [0.717, 1.165) is 12.0 Å². The molecule has 0 unspecified atom stereocenters. The van der Waals surface area contributed by atoms with Crippen LogP contribution < -0.4 is 25.6 Å². The van der Waals surface area contributed by atoms with Crippen molar-refractivity contribution in [2.45, 2.75) is 20.3 Å². The molecule has 148 valence electrons. The molecule has 0 aromatic heterocycles. The normalized spacial score (nSPS) is 9.93. The third-order valence-corrected chi connectivity index (χ3v) is 3.83. The average molecular weight is 401 g/mol. The van der Waals surface area contributed by atoms with Gasteiger partial charge in [0.2, 0.25) is 0 Å². The van der Waals surface area contributed by atoms with Gasteiger partial charge >= 0.3 is 0 Å². The number of ether oxygens (including phenoxy) is 2. The maximum Gasteiger partial charge on any atom is 0.276 e. The van der Waals surface area contributed by atoms with Crippen molar-refractivity contribution in [3.05, 3.63) is 59.7 Å². The fourth-order valence-corrected chi connectivity index (χ4v) is 2.35. The summed E-state index contributed by atoms with van der Waals surface area (Å²) in [5, 5.41) is 2.36. The minimum atomic E-state index is -0.444. The van der Waals surface area contributed by atoms with Crippen LogP contribution in [0.4, 0.5) is 0 Å². The molecule has 0 heterocycles. The van der Waals surface area contributed by atoms with E-state index >= 15 is 0 Å². The van der Waals surface area contributed by atoms with Gasteiger partial charge in [0, 0.05) is 0 Å². The van der Waals surface area contributed by atoms with E-state index in [4.69, 9.17) is 21.7 Å². The Bertz CT molecular complexity index is 824. The number of nitrogens with one attached hydrogen (secondary N) is 3. The summed E-state index contributed by atoms with van der Waals surface area (Å²) in [4.78, 5) is 23.6. The van der Waals surface area contributed by atoms with E-state index in [9.17, 15) is 9.59 Å². The Labute approximate surface area is 169 Å². The molecule has 0 atom stereocenters. The SMILES string of the molecule is CCc1ccc(OCC(=O)NNC(=S)NC(=O)COc2cccc(C)c2)cc1. The summed E-state index contributed by atoms with van der Waals surface area (Å²) in [6, 6.07) is 14.8. The molecule has 2 rings (SSSR count). The topological polar surface area (TPSA) is 88.7 Å². The first-order chi connectivity index (χ1) is 13.5. The van der Waals surface area contributed by atoms with Crippen LogP contribution in [0, 0.1) is 6.92 Å². The summed E-state index contributed by atoms with van der Waals surface area (Å²) < 4.78 is 10.7. The highest BCUT2D eigenvalue weighted by Gasteiger charge is 2.08. The quantitative estimate of drug-likeness (QED) is 0.486. The van der Waals surface area contributed by atoms with Crippen molar-refractivity contribution >= 4 is 29.1 Å². The van der Waals surface area contributed by atoms with E-state index in [1.54, 1.807) is 18.2 Å². The molecule has 0 fully saturated rings. The zero-order valence-electron chi connectivity index (χ0n) is 15.8. The van der Waals surface area contributed by atoms with Crippen molar-refractivity contribution in [3.8, 4) is 11.5 Å². The highest BCUT2D eigenvalue weighted by atomic mass is 32.1. The van der Waals surface area contributed by atoms with Crippen LogP contribution in [0.1, 0.15) is 18.1 Å². The van der Waals surface area contributed by atoms with Crippen molar-refractivity contribution in [2.75, 3.05) is 13.2 Å². The van der Waals surface area contributed by atoms with Gasteiger partial charge in [-0.1, -0.05) is 31.2 Å². The maximum absolute atomic E-state index is 11.8. The number of amides is 2. The number of hydrogen-bond acceptors (Lipinski definition) is 5. The number of benzene rings is 2. The standard InChI is InChI=1S/C20H23N3O4S/c1-3-15-7-9-16(10-8-15)26-13-19(25)22-23-20(28)21-18(24)12-27-17-6-4-5-14(2)11-17/h4-11H,3,12-13H2,1-2H3,(H,22,25)(H2,21,23,24,28). The number of hydrazine groups is 1. The maximum atomic E-state index is 11.8.